The number of carbonyl (C=O) groups is 1. The molecule has 1 fully saturated rings. The van der Waals surface area contributed by atoms with Gasteiger partial charge in [0.2, 0.25) is 10.0 Å². The summed E-state index contributed by atoms with van der Waals surface area (Å²) in [5.41, 5.74) is 0.674. The molecule has 1 heterocycles. The van der Waals surface area contributed by atoms with Crippen LogP contribution in [0.5, 0.6) is 0 Å². The number of nitro groups is 1. The molecule has 0 saturated carbocycles. The fourth-order valence-electron chi connectivity index (χ4n) is 2.64. The van der Waals surface area contributed by atoms with Crippen LogP contribution in [0.2, 0.25) is 5.02 Å². The first-order valence-electron chi connectivity index (χ1n) is 7.64. The molecule has 0 spiro atoms. The van der Waals surface area contributed by atoms with Gasteiger partial charge in [0.1, 0.15) is 0 Å². The molecule has 1 aliphatic heterocycles. The predicted octanol–water partition coefficient (Wildman–Crippen LogP) is 3.04. The van der Waals surface area contributed by atoms with E-state index in [1.807, 2.05) is 0 Å². The van der Waals surface area contributed by atoms with Crippen molar-refractivity contribution in [3.05, 3.63) is 63.2 Å². The molecule has 0 radical (unpaired) electrons. The lowest BCUT2D eigenvalue weighted by Gasteiger charge is -2.17. The third-order valence-corrected chi connectivity index (χ3v) is 6.12. The number of nitro benzene ring substituents is 1. The van der Waals surface area contributed by atoms with E-state index in [1.165, 1.54) is 16.4 Å². The molecule has 0 bridgehead atoms. The second kappa shape index (κ2) is 6.93. The van der Waals surface area contributed by atoms with Crippen molar-refractivity contribution in [3.8, 4) is 0 Å². The Kier molecular flexibility index (Phi) is 4.84. The standard InChI is InChI=1S/C16H14ClN3O5S/c17-15-7-6-13(20(22)23)10-14(15)16(21)18-11-2-4-12(5-3-11)19-8-1-9-26(19,24)25/h2-7,10H,1,8-9H2,(H,18,21). The van der Waals surface area contributed by atoms with Crippen LogP contribution in [-0.4, -0.2) is 31.5 Å². The highest BCUT2D eigenvalue weighted by Gasteiger charge is 2.28. The van der Waals surface area contributed by atoms with Crippen molar-refractivity contribution < 1.29 is 18.1 Å². The minimum absolute atomic E-state index is 0.0212. The maximum atomic E-state index is 12.3. The molecule has 26 heavy (non-hydrogen) atoms. The Morgan fingerprint density at radius 3 is 2.46 bits per heavy atom. The van der Waals surface area contributed by atoms with Crippen molar-refractivity contribution in [2.75, 3.05) is 21.9 Å². The van der Waals surface area contributed by atoms with E-state index in [0.717, 1.165) is 6.07 Å². The minimum atomic E-state index is -3.27. The molecule has 1 saturated heterocycles. The zero-order chi connectivity index (χ0) is 18.9. The molecule has 2 aromatic rings. The van der Waals surface area contributed by atoms with Crippen molar-refractivity contribution in [2.45, 2.75) is 6.42 Å². The highest BCUT2D eigenvalue weighted by molar-refractivity contribution is 7.93. The van der Waals surface area contributed by atoms with Crippen LogP contribution in [0.1, 0.15) is 16.8 Å². The van der Waals surface area contributed by atoms with Gasteiger partial charge in [-0.1, -0.05) is 11.6 Å². The van der Waals surface area contributed by atoms with Crippen molar-refractivity contribution in [2.24, 2.45) is 0 Å². The molecule has 1 N–H and O–H groups in total. The van der Waals surface area contributed by atoms with Crippen LogP contribution in [0.15, 0.2) is 42.5 Å². The van der Waals surface area contributed by atoms with Crippen LogP contribution in [0, 0.1) is 10.1 Å². The summed E-state index contributed by atoms with van der Waals surface area (Å²) < 4.78 is 25.2. The number of benzene rings is 2. The summed E-state index contributed by atoms with van der Waals surface area (Å²) in [7, 11) is -3.27. The third kappa shape index (κ3) is 3.63. The summed E-state index contributed by atoms with van der Waals surface area (Å²) in [5, 5.41) is 13.5. The van der Waals surface area contributed by atoms with E-state index in [1.54, 1.807) is 24.3 Å². The first-order valence-corrected chi connectivity index (χ1v) is 9.62. The maximum Gasteiger partial charge on any atom is 0.270 e. The molecule has 0 atom stereocenters. The predicted molar refractivity (Wildman–Crippen MR) is 98.3 cm³/mol. The van der Waals surface area contributed by atoms with Gasteiger partial charge in [0.25, 0.3) is 11.6 Å². The van der Waals surface area contributed by atoms with Gasteiger partial charge in [0.15, 0.2) is 0 Å². The lowest BCUT2D eigenvalue weighted by Crippen LogP contribution is -2.25. The van der Waals surface area contributed by atoms with Gasteiger partial charge in [-0.2, -0.15) is 0 Å². The molecule has 0 unspecified atom stereocenters. The molecule has 3 rings (SSSR count). The Balaban J connectivity index is 1.78. The molecule has 136 valence electrons. The number of rotatable bonds is 4. The number of hydrogen-bond donors (Lipinski definition) is 1. The van der Waals surface area contributed by atoms with Crippen LogP contribution < -0.4 is 9.62 Å². The number of anilines is 2. The van der Waals surface area contributed by atoms with Crippen molar-refractivity contribution >= 4 is 44.6 Å². The van der Waals surface area contributed by atoms with Crippen LogP contribution >= 0.6 is 11.6 Å². The Morgan fingerprint density at radius 1 is 1.19 bits per heavy atom. The van der Waals surface area contributed by atoms with E-state index < -0.39 is 20.9 Å². The van der Waals surface area contributed by atoms with Gasteiger partial charge in [0.05, 0.1) is 26.9 Å². The van der Waals surface area contributed by atoms with Gasteiger partial charge in [-0.25, -0.2) is 8.42 Å². The second-order valence-corrected chi connectivity index (χ2v) is 8.08. The van der Waals surface area contributed by atoms with Gasteiger partial charge in [-0.3, -0.25) is 19.2 Å². The van der Waals surface area contributed by atoms with E-state index in [2.05, 4.69) is 5.32 Å². The number of amides is 1. The highest BCUT2D eigenvalue weighted by atomic mass is 35.5. The zero-order valence-corrected chi connectivity index (χ0v) is 15.0. The molecule has 1 amide bonds. The first kappa shape index (κ1) is 18.2. The number of hydrogen-bond acceptors (Lipinski definition) is 5. The van der Waals surface area contributed by atoms with Gasteiger partial charge in [-0.05, 0) is 36.8 Å². The Labute approximate surface area is 154 Å². The number of non-ortho nitro benzene ring substituents is 1. The van der Waals surface area contributed by atoms with Gasteiger partial charge < -0.3 is 5.32 Å². The molecular formula is C16H14ClN3O5S. The molecule has 0 aromatic heterocycles. The van der Waals surface area contributed by atoms with E-state index in [-0.39, 0.29) is 22.0 Å². The Hall–Kier alpha value is -2.65. The van der Waals surface area contributed by atoms with Gasteiger partial charge in [0, 0.05) is 24.4 Å². The fraction of sp³-hybridized carbons (Fsp3) is 0.188. The normalized spacial score (nSPS) is 15.7. The number of halogens is 1. The van der Waals surface area contributed by atoms with Gasteiger partial charge in [-0.15, -0.1) is 0 Å². The summed E-state index contributed by atoms with van der Waals surface area (Å²) in [6.45, 7) is 0.428. The average Bonchev–Trinajstić information content (AvgIpc) is 2.95. The number of nitrogens with zero attached hydrogens (tertiary/aromatic N) is 2. The highest BCUT2D eigenvalue weighted by Crippen LogP contribution is 2.26. The quantitative estimate of drug-likeness (QED) is 0.632. The second-order valence-electron chi connectivity index (χ2n) is 5.66. The summed E-state index contributed by atoms with van der Waals surface area (Å²) in [5.74, 6) is -0.475. The van der Waals surface area contributed by atoms with Crippen LogP contribution in [-0.2, 0) is 10.0 Å². The largest absolute Gasteiger partial charge is 0.322 e. The van der Waals surface area contributed by atoms with Crippen LogP contribution in [0.4, 0.5) is 17.1 Å². The van der Waals surface area contributed by atoms with E-state index >= 15 is 0 Å². The molecule has 0 aliphatic carbocycles. The molecule has 8 nitrogen and oxygen atoms in total. The summed E-state index contributed by atoms with van der Waals surface area (Å²) in [4.78, 5) is 22.6. The van der Waals surface area contributed by atoms with E-state index in [0.29, 0.717) is 24.3 Å². The van der Waals surface area contributed by atoms with Crippen molar-refractivity contribution in [1.82, 2.24) is 0 Å². The van der Waals surface area contributed by atoms with E-state index in [4.69, 9.17) is 11.6 Å². The van der Waals surface area contributed by atoms with Crippen molar-refractivity contribution in [1.29, 1.82) is 0 Å². The number of sulfonamides is 1. The van der Waals surface area contributed by atoms with Gasteiger partial charge >= 0.3 is 0 Å². The SMILES string of the molecule is O=C(Nc1ccc(N2CCCS2(=O)=O)cc1)c1cc([N+](=O)[O-])ccc1Cl. The van der Waals surface area contributed by atoms with Crippen LogP contribution in [0.25, 0.3) is 0 Å². The topological polar surface area (TPSA) is 110 Å². The van der Waals surface area contributed by atoms with E-state index in [9.17, 15) is 23.3 Å². The zero-order valence-electron chi connectivity index (χ0n) is 13.4. The first-order chi connectivity index (χ1) is 12.3. The summed E-state index contributed by atoms with van der Waals surface area (Å²) in [6, 6.07) is 9.91. The Morgan fingerprint density at radius 2 is 1.88 bits per heavy atom. The third-order valence-electron chi connectivity index (χ3n) is 3.92. The molecule has 1 aliphatic rings. The van der Waals surface area contributed by atoms with Crippen LogP contribution in [0.3, 0.4) is 0 Å². The average molecular weight is 396 g/mol. The molecule has 2 aromatic carbocycles. The number of nitrogens with one attached hydrogen (secondary N) is 1. The molecular weight excluding hydrogens is 382 g/mol. The lowest BCUT2D eigenvalue weighted by molar-refractivity contribution is -0.384. The molecule has 10 heteroatoms. The smallest absolute Gasteiger partial charge is 0.270 e. The number of carbonyl (C=O) groups excluding carboxylic acids is 1. The fourth-order valence-corrected chi connectivity index (χ4v) is 4.41. The monoisotopic (exact) mass is 395 g/mol. The lowest BCUT2D eigenvalue weighted by atomic mass is 10.1. The Bertz CT molecular complexity index is 976. The van der Waals surface area contributed by atoms with Crippen molar-refractivity contribution in [3.63, 3.8) is 0 Å². The summed E-state index contributed by atoms with van der Waals surface area (Å²) in [6.07, 6.45) is 0.576. The summed E-state index contributed by atoms with van der Waals surface area (Å²) >= 11 is 5.95. The maximum absolute atomic E-state index is 12.3. The minimum Gasteiger partial charge on any atom is -0.322 e.